The Morgan fingerprint density at radius 1 is 0.889 bits per heavy atom. The number of fused-ring (bicyclic) bond motifs is 1. The van der Waals surface area contributed by atoms with Crippen LogP contribution in [0.3, 0.4) is 0 Å². The third kappa shape index (κ3) is 3.11. The minimum atomic E-state index is -3.73. The van der Waals surface area contributed by atoms with Gasteiger partial charge in [0.05, 0.1) is 4.90 Å². The molecule has 4 rings (SSSR count). The monoisotopic (exact) mass is 395 g/mol. The molecule has 2 aromatic carbocycles. The first-order chi connectivity index (χ1) is 12.9. The molecule has 0 radical (unpaired) electrons. The normalized spacial score (nSPS) is 11.8. The highest BCUT2D eigenvalue weighted by Gasteiger charge is 2.27. The summed E-state index contributed by atoms with van der Waals surface area (Å²) in [6.45, 7) is 3.85. The van der Waals surface area contributed by atoms with E-state index in [1.807, 2.05) is 44.2 Å². The van der Waals surface area contributed by atoms with E-state index in [1.165, 1.54) is 6.07 Å². The van der Waals surface area contributed by atoms with Crippen LogP contribution in [0.2, 0.25) is 0 Å². The number of sulfone groups is 1. The molecule has 0 unspecified atom stereocenters. The summed E-state index contributed by atoms with van der Waals surface area (Å²) in [4.78, 5) is 15.3. The van der Waals surface area contributed by atoms with Crippen LogP contribution in [0.4, 0.5) is 0 Å². The Hall–Kier alpha value is -2.70. The zero-order valence-corrected chi connectivity index (χ0v) is 16.4. The number of rotatable bonds is 3. The fraction of sp³-hybridized carbons (Fsp3) is 0.0952. The number of nitrogens with one attached hydrogen (secondary N) is 1. The quantitative estimate of drug-likeness (QED) is 0.546. The van der Waals surface area contributed by atoms with Gasteiger partial charge in [-0.25, -0.2) is 8.42 Å². The van der Waals surface area contributed by atoms with Crippen molar-refractivity contribution in [2.45, 2.75) is 23.0 Å². The third-order valence-electron chi connectivity index (χ3n) is 4.44. The van der Waals surface area contributed by atoms with Gasteiger partial charge in [-0.3, -0.25) is 4.79 Å². The van der Waals surface area contributed by atoms with Crippen LogP contribution < -0.4 is 5.56 Å². The number of aryl methyl sites for hydroxylation is 2. The largest absolute Gasteiger partial charge is 0.314 e. The van der Waals surface area contributed by atoms with Gasteiger partial charge >= 0.3 is 0 Å². The first-order valence-electron chi connectivity index (χ1n) is 8.41. The van der Waals surface area contributed by atoms with E-state index >= 15 is 0 Å². The molecule has 0 fully saturated rings. The Labute approximate surface area is 161 Å². The molecule has 0 aliphatic carbocycles. The molecule has 27 heavy (non-hydrogen) atoms. The first kappa shape index (κ1) is 17.7. The van der Waals surface area contributed by atoms with E-state index in [0.29, 0.717) is 10.4 Å². The molecule has 6 heteroatoms. The summed E-state index contributed by atoms with van der Waals surface area (Å²) in [5.74, 6) is 0. The van der Waals surface area contributed by atoms with Crippen molar-refractivity contribution in [3.8, 4) is 11.1 Å². The molecule has 136 valence electrons. The molecule has 1 N–H and O–H groups in total. The topological polar surface area (TPSA) is 67.0 Å². The van der Waals surface area contributed by atoms with Crippen LogP contribution in [0.5, 0.6) is 0 Å². The maximum Gasteiger partial charge on any atom is 0.249 e. The van der Waals surface area contributed by atoms with E-state index in [0.717, 1.165) is 33.4 Å². The van der Waals surface area contributed by atoms with Crippen LogP contribution in [-0.4, -0.2) is 13.4 Å². The van der Waals surface area contributed by atoms with Gasteiger partial charge in [0, 0.05) is 17.0 Å². The van der Waals surface area contributed by atoms with Gasteiger partial charge in [-0.05, 0) is 43.2 Å². The number of H-pyrrole nitrogens is 1. The number of benzene rings is 2. The maximum atomic E-state index is 13.4. The van der Waals surface area contributed by atoms with Gasteiger partial charge in [-0.15, -0.1) is 11.3 Å². The lowest BCUT2D eigenvalue weighted by molar-refractivity contribution is 0.598. The summed E-state index contributed by atoms with van der Waals surface area (Å²) in [6.07, 6.45) is 0. The highest BCUT2D eigenvalue weighted by molar-refractivity contribution is 7.93. The number of hydrogen-bond donors (Lipinski definition) is 1. The summed E-state index contributed by atoms with van der Waals surface area (Å²) in [7, 11) is -3.73. The number of aromatic nitrogens is 1. The van der Waals surface area contributed by atoms with Crippen LogP contribution in [0.1, 0.15) is 11.1 Å². The molecule has 0 aliphatic heterocycles. The molecule has 2 heterocycles. The molecule has 4 aromatic rings. The Bertz CT molecular complexity index is 1310. The maximum absolute atomic E-state index is 13.4. The highest BCUT2D eigenvalue weighted by atomic mass is 32.2. The van der Waals surface area contributed by atoms with Gasteiger partial charge < -0.3 is 4.98 Å². The molecule has 0 saturated heterocycles. The third-order valence-corrected chi connectivity index (χ3v) is 7.83. The number of aromatic amines is 1. The van der Waals surface area contributed by atoms with Crippen molar-refractivity contribution in [3.63, 3.8) is 0 Å². The molecular formula is C21H17NO3S2. The van der Waals surface area contributed by atoms with Crippen LogP contribution in [-0.2, 0) is 9.84 Å². The molecular weight excluding hydrogens is 378 g/mol. The fourth-order valence-electron chi connectivity index (χ4n) is 3.06. The minimum Gasteiger partial charge on any atom is -0.314 e. The van der Waals surface area contributed by atoms with E-state index in [4.69, 9.17) is 0 Å². The van der Waals surface area contributed by atoms with E-state index in [9.17, 15) is 13.2 Å². The van der Waals surface area contributed by atoms with Crippen molar-refractivity contribution in [2.75, 3.05) is 0 Å². The molecule has 0 amide bonds. The summed E-state index contributed by atoms with van der Waals surface area (Å²) in [6, 6.07) is 17.7. The van der Waals surface area contributed by atoms with Gasteiger partial charge in [0.2, 0.25) is 15.4 Å². The van der Waals surface area contributed by atoms with E-state index in [1.54, 1.807) is 24.3 Å². The van der Waals surface area contributed by atoms with Gasteiger partial charge in [-0.2, -0.15) is 0 Å². The predicted octanol–water partition coefficient (Wildman–Crippen LogP) is 4.71. The summed E-state index contributed by atoms with van der Waals surface area (Å²) < 4.78 is 27.1. The lowest BCUT2D eigenvalue weighted by Crippen LogP contribution is -2.02. The van der Waals surface area contributed by atoms with Gasteiger partial charge in [-0.1, -0.05) is 42.0 Å². The average Bonchev–Trinajstić information content (AvgIpc) is 3.01. The number of thiophene rings is 1. The zero-order chi connectivity index (χ0) is 19.2. The molecule has 0 bridgehead atoms. The van der Waals surface area contributed by atoms with Gasteiger partial charge in [0.25, 0.3) is 0 Å². The number of hydrogen-bond acceptors (Lipinski definition) is 4. The van der Waals surface area contributed by atoms with Crippen molar-refractivity contribution in [1.82, 2.24) is 4.98 Å². The smallest absolute Gasteiger partial charge is 0.249 e. The molecule has 0 spiro atoms. The summed E-state index contributed by atoms with van der Waals surface area (Å²) >= 11 is 1.10. The van der Waals surface area contributed by atoms with E-state index in [-0.39, 0.29) is 14.7 Å². The summed E-state index contributed by atoms with van der Waals surface area (Å²) in [5.41, 5.74) is 3.16. The average molecular weight is 396 g/mol. The second-order valence-corrected chi connectivity index (χ2v) is 9.68. The molecule has 4 nitrogen and oxygen atoms in total. The second-order valence-electron chi connectivity index (χ2n) is 6.52. The Morgan fingerprint density at radius 3 is 2.33 bits per heavy atom. The standard InChI is InChI=1S/C21H17NO3S2/c1-13-6-8-15(9-7-13)19-17-10-11-18(23)22-20(17)26-21(19)27(24,25)16-5-3-4-14(2)12-16/h3-12H,1-2H3,(H,22,23). The van der Waals surface area contributed by atoms with Crippen LogP contribution in [0.25, 0.3) is 21.3 Å². The molecule has 0 atom stereocenters. The predicted molar refractivity (Wildman–Crippen MR) is 109 cm³/mol. The lowest BCUT2D eigenvalue weighted by atomic mass is 10.0. The highest BCUT2D eigenvalue weighted by Crippen LogP contribution is 2.42. The van der Waals surface area contributed by atoms with Gasteiger partial charge in [0.15, 0.2) is 0 Å². The van der Waals surface area contributed by atoms with Crippen LogP contribution in [0, 0.1) is 13.8 Å². The number of pyridine rings is 1. The van der Waals surface area contributed by atoms with Crippen molar-refractivity contribution in [2.24, 2.45) is 0 Å². The second kappa shape index (κ2) is 6.48. The molecule has 0 saturated carbocycles. The van der Waals surface area contributed by atoms with E-state index < -0.39 is 9.84 Å². The van der Waals surface area contributed by atoms with E-state index in [2.05, 4.69) is 4.98 Å². The van der Waals surface area contributed by atoms with Crippen molar-refractivity contribution < 1.29 is 8.42 Å². The van der Waals surface area contributed by atoms with Crippen molar-refractivity contribution >= 4 is 31.4 Å². The minimum absolute atomic E-state index is 0.244. The Balaban J connectivity index is 2.07. The Kier molecular flexibility index (Phi) is 4.25. The lowest BCUT2D eigenvalue weighted by Gasteiger charge is -2.08. The van der Waals surface area contributed by atoms with Crippen LogP contribution >= 0.6 is 11.3 Å². The Morgan fingerprint density at radius 2 is 1.63 bits per heavy atom. The fourth-order valence-corrected chi connectivity index (χ4v) is 6.29. The zero-order valence-electron chi connectivity index (χ0n) is 14.8. The van der Waals surface area contributed by atoms with Gasteiger partial charge in [0.1, 0.15) is 9.04 Å². The summed E-state index contributed by atoms with van der Waals surface area (Å²) in [5, 5.41) is 0.731. The molecule has 2 aromatic heterocycles. The first-order valence-corrected chi connectivity index (χ1v) is 10.7. The van der Waals surface area contributed by atoms with Crippen molar-refractivity contribution in [1.29, 1.82) is 0 Å². The van der Waals surface area contributed by atoms with Crippen LogP contribution in [0.15, 0.2) is 74.6 Å². The van der Waals surface area contributed by atoms with Crippen molar-refractivity contribution in [3.05, 3.63) is 82.1 Å². The molecule has 0 aliphatic rings. The SMILES string of the molecule is Cc1ccc(-c2c(S(=O)(=O)c3cccc(C)c3)sc3[nH]c(=O)ccc23)cc1.